The van der Waals surface area contributed by atoms with Crippen molar-refractivity contribution in [3.63, 3.8) is 0 Å². The van der Waals surface area contributed by atoms with Gasteiger partial charge in [-0.25, -0.2) is 0 Å². The van der Waals surface area contributed by atoms with Gasteiger partial charge in [0.15, 0.2) is 0 Å². The standard InChI is InChI=1S/C26H40N2O/c1-19(29)27-23-10-11-26(22-9-7-6-8-21(22)23)12-14-28(15-13-26)20-16-24(2,3)18-25(4,5)17-20/h6-9,20,23H,10-18H2,1-5H3,(H,27,29)/t23-/m0/s1. The third kappa shape index (κ3) is 4.26. The van der Waals surface area contributed by atoms with Gasteiger partial charge in [-0.2, -0.15) is 0 Å². The van der Waals surface area contributed by atoms with E-state index in [0.717, 1.165) is 12.5 Å². The maximum atomic E-state index is 11.7. The molecule has 1 saturated carbocycles. The fourth-order valence-electron chi connectivity index (χ4n) is 7.27. The van der Waals surface area contributed by atoms with E-state index in [4.69, 9.17) is 0 Å². The summed E-state index contributed by atoms with van der Waals surface area (Å²) in [5.74, 6) is 0.0816. The number of likely N-dealkylation sites (tertiary alicyclic amines) is 1. The largest absolute Gasteiger partial charge is 0.350 e. The molecule has 0 radical (unpaired) electrons. The molecule has 3 aliphatic rings. The minimum atomic E-state index is 0.0816. The quantitative estimate of drug-likeness (QED) is 0.706. The lowest BCUT2D eigenvalue weighted by Crippen LogP contribution is -2.52. The molecule has 2 fully saturated rings. The average molecular weight is 397 g/mol. The van der Waals surface area contributed by atoms with Crippen molar-refractivity contribution in [3.05, 3.63) is 35.4 Å². The first-order valence-electron chi connectivity index (χ1n) is 11.7. The van der Waals surface area contributed by atoms with E-state index < -0.39 is 0 Å². The smallest absolute Gasteiger partial charge is 0.217 e. The predicted molar refractivity (Wildman–Crippen MR) is 120 cm³/mol. The molecule has 4 rings (SSSR count). The Morgan fingerprint density at radius 1 is 1.00 bits per heavy atom. The molecule has 29 heavy (non-hydrogen) atoms. The highest BCUT2D eigenvalue weighted by Crippen LogP contribution is 2.51. The summed E-state index contributed by atoms with van der Waals surface area (Å²) in [7, 11) is 0. The van der Waals surface area contributed by atoms with Gasteiger partial charge in [0.05, 0.1) is 6.04 Å². The molecule has 1 amide bonds. The molecule has 1 heterocycles. The van der Waals surface area contributed by atoms with Crippen LogP contribution in [0.1, 0.15) is 96.7 Å². The van der Waals surface area contributed by atoms with Gasteiger partial charge >= 0.3 is 0 Å². The normalized spacial score (nSPS) is 28.7. The molecule has 1 saturated heterocycles. The van der Waals surface area contributed by atoms with Crippen molar-refractivity contribution < 1.29 is 4.79 Å². The van der Waals surface area contributed by atoms with E-state index in [0.29, 0.717) is 16.2 Å². The zero-order valence-corrected chi connectivity index (χ0v) is 19.2. The molecule has 160 valence electrons. The lowest BCUT2D eigenvalue weighted by molar-refractivity contribution is -0.119. The van der Waals surface area contributed by atoms with Crippen LogP contribution in [0.25, 0.3) is 0 Å². The van der Waals surface area contributed by atoms with Crippen molar-refractivity contribution in [2.75, 3.05) is 13.1 Å². The van der Waals surface area contributed by atoms with Gasteiger partial charge in [-0.1, -0.05) is 52.0 Å². The molecule has 2 aliphatic carbocycles. The number of nitrogens with zero attached hydrogens (tertiary/aromatic N) is 1. The lowest BCUT2D eigenvalue weighted by atomic mass is 9.61. The van der Waals surface area contributed by atoms with Crippen LogP contribution in [0.4, 0.5) is 0 Å². The Labute approximate surface area is 177 Å². The molecule has 0 aromatic heterocycles. The molecule has 1 aromatic rings. The summed E-state index contributed by atoms with van der Waals surface area (Å²) < 4.78 is 0. The van der Waals surface area contributed by atoms with Crippen molar-refractivity contribution in [3.8, 4) is 0 Å². The number of fused-ring (bicyclic) bond motifs is 2. The van der Waals surface area contributed by atoms with E-state index in [1.807, 2.05) is 0 Å². The van der Waals surface area contributed by atoms with Gasteiger partial charge in [-0.05, 0) is 85.4 Å². The highest BCUT2D eigenvalue weighted by atomic mass is 16.1. The number of hydrogen-bond donors (Lipinski definition) is 1. The average Bonchev–Trinajstić information content (AvgIpc) is 2.62. The topological polar surface area (TPSA) is 32.3 Å². The third-order valence-electron chi connectivity index (χ3n) is 8.00. The number of carbonyl (C=O) groups is 1. The van der Waals surface area contributed by atoms with E-state index in [9.17, 15) is 4.79 Å². The monoisotopic (exact) mass is 396 g/mol. The second kappa shape index (κ2) is 7.41. The Balaban J connectivity index is 1.51. The van der Waals surface area contributed by atoms with Crippen LogP contribution < -0.4 is 5.32 Å². The van der Waals surface area contributed by atoms with E-state index in [1.54, 1.807) is 6.92 Å². The minimum Gasteiger partial charge on any atom is -0.350 e. The summed E-state index contributed by atoms with van der Waals surface area (Å²) in [6.45, 7) is 13.9. The number of rotatable bonds is 2. The van der Waals surface area contributed by atoms with Crippen molar-refractivity contribution in [2.45, 2.75) is 97.1 Å². The fraction of sp³-hybridized carbons (Fsp3) is 0.731. The van der Waals surface area contributed by atoms with Crippen LogP contribution in [0.5, 0.6) is 0 Å². The molecule has 3 heteroatoms. The maximum Gasteiger partial charge on any atom is 0.217 e. The molecular weight excluding hydrogens is 356 g/mol. The summed E-state index contributed by atoms with van der Waals surface area (Å²) in [4.78, 5) is 14.5. The maximum absolute atomic E-state index is 11.7. The molecule has 0 bridgehead atoms. The van der Waals surface area contributed by atoms with E-state index in [-0.39, 0.29) is 11.9 Å². The second-order valence-electron chi connectivity index (χ2n) is 11.8. The van der Waals surface area contributed by atoms with Gasteiger partial charge in [0.2, 0.25) is 5.91 Å². The summed E-state index contributed by atoms with van der Waals surface area (Å²) >= 11 is 0. The molecule has 0 unspecified atom stereocenters. The lowest BCUT2D eigenvalue weighted by Gasteiger charge is -2.53. The van der Waals surface area contributed by atoms with Gasteiger partial charge in [0, 0.05) is 13.0 Å². The van der Waals surface area contributed by atoms with Gasteiger partial charge in [-0.3, -0.25) is 4.79 Å². The number of nitrogens with one attached hydrogen (secondary N) is 1. The van der Waals surface area contributed by atoms with Gasteiger partial charge < -0.3 is 10.2 Å². The predicted octanol–water partition coefficient (Wildman–Crippen LogP) is 5.60. The first kappa shape index (κ1) is 20.9. The van der Waals surface area contributed by atoms with Gasteiger partial charge in [0.25, 0.3) is 0 Å². The van der Waals surface area contributed by atoms with Crippen LogP contribution >= 0.6 is 0 Å². The summed E-state index contributed by atoms with van der Waals surface area (Å²) in [6, 6.07) is 9.83. The number of piperidine rings is 1. The molecule has 1 aromatic carbocycles. The molecule has 1 aliphatic heterocycles. The molecule has 1 N–H and O–H groups in total. The third-order valence-corrected chi connectivity index (χ3v) is 8.00. The zero-order valence-electron chi connectivity index (χ0n) is 19.2. The van der Waals surface area contributed by atoms with Crippen molar-refractivity contribution >= 4 is 5.91 Å². The minimum absolute atomic E-state index is 0.0816. The Hall–Kier alpha value is -1.35. The Morgan fingerprint density at radius 2 is 1.62 bits per heavy atom. The van der Waals surface area contributed by atoms with Crippen molar-refractivity contribution in [2.24, 2.45) is 10.8 Å². The van der Waals surface area contributed by atoms with Crippen LogP contribution in [-0.2, 0) is 10.2 Å². The summed E-state index contributed by atoms with van der Waals surface area (Å²) in [5.41, 5.74) is 4.08. The van der Waals surface area contributed by atoms with E-state index >= 15 is 0 Å². The van der Waals surface area contributed by atoms with Crippen LogP contribution in [-0.4, -0.2) is 29.9 Å². The highest BCUT2D eigenvalue weighted by Gasteiger charge is 2.45. The number of hydrogen-bond acceptors (Lipinski definition) is 2. The van der Waals surface area contributed by atoms with E-state index in [1.165, 1.54) is 62.7 Å². The number of carbonyl (C=O) groups excluding carboxylic acids is 1. The van der Waals surface area contributed by atoms with E-state index in [2.05, 4.69) is 62.2 Å². The molecule has 1 spiro atoms. The fourth-order valence-corrected chi connectivity index (χ4v) is 7.27. The molecule has 1 atom stereocenters. The van der Waals surface area contributed by atoms with Crippen molar-refractivity contribution in [1.29, 1.82) is 0 Å². The first-order chi connectivity index (χ1) is 13.6. The van der Waals surface area contributed by atoms with Crippen LogP contribution in [0.3, 0.4) is 0 Å². The Morgan fingerprint density at radius 3 is 2.24 bits per heavy atom. The highest BCUT2D eigenvalue weighted by molar-refractivity contribution is 5.73. The van der Waals surface area contributed by atoms with Crippen LogP contribution in [0.15, 0.2) is 24.3 Å². The number of amides is 1. The first-order valence-corrected chi connectivity index (χ1v) is 11.7. The Kier molecular flexibility index (Phi) is 5.34. The Bertz CT molecular complexity index is 742. The number of benzene rings is 1. The summed E-state index contributed by atoms with van der Waals surface area (Å²) in [5, 5.41) is 3.19. The van der Waals surface area contributed by atoms with Gasteiger partial charge in [-0.15, -0.1) is 0 Å². The second-order valence-corrected chi connectivity index (χ2v) is 11.8. The summed E-state index contributed by atoms with van der Waals surface area (Å²) in [6.07, 6.45) is 8.80. The SMILES string of the molecule is CC(=O)N[C@H]1CCC2(CCN(C3CC(C)(C)CC(C)(C)C3)CC2)c2ccccc21. The van der Waals surface area contributed by atoms with Crippen molar-refractivity contribution in [1.82, 2.24) is 10.2 Å². The molecular formula is C26H40N2O. The molecule has 3 nitrogen and oxygen atoms in total. The van der Waals surface area contributed by atoms with Crippen LogP contribution in [0, 0.1) is 10.8 Å². The van der Waals surface area contributed by atoms with Gasteiger partial charge in [0.1, 0.15) is 0 Å². The van der Waals surface area contributed by atoms with Crippen LogP contribution in [0.2, 0.25) is 0 Å². The zero-order chi connectivity index (χ0) is 20.9.